The molecule has 7 heteroatoms. The molecule has 2 heterocycles. The second kappa shape index (κ2) is 6.67. The average Bonchev–Trinajstić information content (AvgIpc) is 2.95. The molecular weight excluding hydrogens is 316 g/mol. The first-order chi connectivity index (χ1) is 9.54. The highest BCUT2D eigenvalue weighted by Gasteiger charge is 2.22. The Morgan fingerprint density at radius 3 is 2.55 bits per heavy atom. The third-order valence-electron chi connectivity index (χ3n) is 2.90. The monoisotopic (exact) mass is 330 g/mol. The fraction of sp³-hybridized carbons (Fsp3) is 0.308. The first kappa shape index (κ1) is 15.4. The third-order valence-corrected chi connectivity index (χ3v) is 6.75. The van der Waals surface area contributed by atoms with Gasteiger partial charge in [-0.2, -0.15) is 4.31 Å². The van der Waals surface area contributed by atoms with Crippen LogP contribution < -0.4 is 0 Å². The van der Waals surface area contributed by atoms with Crippen LogP contribution in [-0.4, -0.2) is 31.3 Å². The van der Waals surface area contributed by atoms with Crippen molar-refractivity contribution < 1.29 is 8.42 Å². The van der Waals surface area contributed by atoms with E-state index >= 15 is 0 Å². The maximum atomic E-state index is 12.4. The molecule has 0 unspecified atom stereocenters. The highest BCUT2D eigenvalue weighted by molar-refractivity contribution is 7.91. The molecule has 4 nitrogen and oxygen atoms in total. The minimum Gasteiger partial charge on any atom is -0.265 e. The number of likely N-dealkylation sites (N-methyl/N-ethyl adjacent to an activating group) is 1. The smallest absolute Gasteiger partial charge is 0.252 e. The van der Waals surface area contributed by atoms with Crippen molar-refractivity contribution in [2.75, 3.05) is 13.6 Å². The Kier molecular flexibility index (Phi) is 5.15. The third kappa shape index (κ3) is 3.58. The molecule has 108 valence electrons. The first-order valence-electron chi connectivity index (χ1n) is 6.04. The van der Waals surface area contributed by atoms with E-state index in [2.05, 4.69) is 4.98 Å². The zero-order chi connectivity index (χ0) is 14.6. The van der Waals surface area contributed by atoms with Crippen LogP contribution >= 0.6 is 22.9 Å². The van der Waals surface area contributed by atoms with Crippen molar-refractivity contribution in [3.8, 4) is 0 Å². The molecule has 0 spiro atoms. The molecule has 2 aromatic rings. The minimum atomic E-state index is -3.42. The van der Waals surface area contributed by atoms with Gasteiger partial charge in [-0.3, -0.25) is 4.98 Å². The van der Waals surface area contributed by atoms with Crippen LogP contribution in [0.25, 0.3) is 0 Å². The maximum Gasteiger partial charge on any atom is 0.252 e. The zero-order valence-electron chi connectivity index (χ0n) is 11.0. The van der Waals surface area contributed by atoms with E-state index in [1.54, 1.807) is 31.6 Å². The fourth-order valence-electron chi connectivity index (χ4n) is 1.68. The summed E-state index contributed by atoms with van der Waals surface area (Å²) in [5.74, 6) is 0.334. The summed E-state index contributed by atoms with van der Waals surface area (Å²) in [6.45, 7) is 0.431. The van der Waals surface area contributed by atoms with E-state index in [9.17, 15) is 8.42 Å². The summed E-state index contributed by atoms with van der Waals surface area (Å²) in [6.07, 6.45) is 4.07. The summed E-state index contributed by atoms with van der Waals surface area (Å²) in [6, 6.07) is 7.14. The Labute approximate surface area is 128 Å². The maximum absolute atomic E-state index is 12.4. The molecule has 2 rings (SSSR count). The number of pyridine rings is 1. The van der Waals surface area contributed by atoms with Crippen molar-refractivity contribution in [3.05, 3.63) is 47.1 Å². The Hall–Kier alpha value is -0.950. The van der Waals surface area contributed by atoms with E-state index in [1.807, 2.05) is 12.1 Å². The lowest BCUT2D eigenvalue weighted by atomic mass is 10.2. The molecule has 0 saturated heterocycles. The fourth-order valence-corrected chi connectivity index (χ4v) is 4.52. The van der Waals surface area contributed by atoms with Crippen molar-refractivity contribution in [2.24, 2.45) is 0 Å². The highest BCUT2D eigenvalue weighted by atomic mass is 35.5. The van der Waals surface area contributed by atoms with Gasteiger partial charge in [-0.1, -0.05) is 0 Å². The normalized spacial score (nSPS) is 11.9. The van der Waals surface area contributed by atoms with Crippen molar-refractivity contribution in [2.45, 2.75) is 16.5 Å². The van der Waals surface area contributed by atoms with Gasteiger partial charge in [0.1, 0.15) is 4.21 Å². The summed E-state index contributed by atoms with van der Waals surface area (Å²) in [5, 5.41) is 0. The first-order valence-corrected chi connectivity index (χ1v) is 8.83. The summed E-state index contributed by atoms with van der Waals surface area (Å²) >= 11 is 6.93. The number of halogens is 1. The quantitative estimate of drug-likeness (QED) is 0.765. The number of nitrogens with zero attached hydrogens (tertiary/aromatic N) is 2. The van der Waals surface area contributed by atoms with Gasteiger partial charge in [0.15, 0.2) is 0 Å². The van der Waals surface area contributed by atoms with Crippen molar-refractivity contribution in [3.63, 3.8) is 0 Å². The molecule has 20 heavy (non-hydrogen) atoms. The topological polar surface area (TPSA) is 50.3 Å². The predicted molar refractivity (Wildman–Crippen MR) is 81.6 cm³/mol. The van der Waals surface area contributed by atoms with Gasteiger partial charge in [0.25, 0.3) is 10.0 Å². The Morgan fingerprint density at radius 2 is 1.95 bits per heavy atom. The standard InChI is InChI=1S/C13H15ClN2O2S2/c1-16(9-6-11-4-7-15-8-5-11)20(17,18)13-3-2-12(10-14)19-13/h2-5,7-8H,6,9-10H2,1H3. The Morgan fingerprint density at radius 1 is 1.25 bits per heavy atom. The van der Waals surface area contributed by atoms with E-state index in [-0.39, 0.29) is 0 Å². The van der Waals surface area contributed by atoms with Gasteiger partial charge in [0.05, 0.1) is 5.88 Å². The molecule has 0 bridgehead atoms. The summed E-state index contributed by atoms with van der Waals surface area (Å²) < 4.78 is 26.4. The molecule has 2 aromatic heterocycles. The molecule has 0 aliphatic rings. The van der Waals surface area contributed by atoms with Gasteiger partial charge < -0.3 is 0 Å². The van der Waals surface area contributed by atoms with E-state index in [0.29, 0.717) is 23.1 Å². The van der Waals surface area contributed by atoms with Crippen LogP contribution in [0.1, 0.15) is 10.4 Å². The number of hydrogen-bond donors (Lipinski definition) is 0. The molecule has 0 fully saturated rings. The number of alkyl halides is 1. The Bertz CT molecular complexity index is 656. The van der Waals surface area contributed by atoms with Crippen LogP contribution in [0.15, 0.2) is 40.9 Å². The van der Waals surface area contributed by atoms with Crippen LogP contribution in [-0.2, 0) is 22.3 Å². The molecule has 0 aromatic carbocycles. The predicted octanol–water partition coefficient (Wildman–Crippen LogP) is 2.75. The molecule has 0 N–H and O–H groups in total. The SMILES string of the molecule is CN(CCc1ccncc1)S(=O)(=O)c1ccc(CCl)s1. The molecule has 0 aliphatic heterocycles. The molecule has 0 radical (unpaired) electrons. The molecular formula is C13H15ClN2O2S2. The second-order valence-corrected chi connectivity index (χ2v) is 7.99. The molecule has 0 aliphatic carbocycles. The van der Waals surface area contributed by atoms with Crippen molar-refractivity contribution in [1.29, 1.82) is 0 Å². The number of rotatable bonds is 6. The van der Waals surface area contributed by atoms with E-state index in [1.165, 1.54) is 15.6 Å². The van der Waals surface area contributed by atoms with Gasteiger partial charge in [-0.05, 0) is 36.2 Å². The lowest BCUT2D eigenvalue weighted by molar-refractivity contribution is 0.474. The van der Waals surface area contributed by atoms with Gasteiger partial charge in [0, 0.05) is 30.9 Å². The van der Waals surface area contributed by atoms with Gasteiger partial charge >= 0.3 is 0 Å². The van der Waals surface area contributed by atoms with Crippen LogP contribution in [0.2, 0.25) is 0 Å². The van der Waals surface area contributed by atoms with Gasteiger partial charge in [-0.15, -0.1) is 22.9 Å². The highest BCUT2D eigenvalue weighted by Crippen LogP contribution is 2.25. The van der Waals surface area contributed by atoms with Crippen LogP contribution in [0.5, 0.6) is 0 Å². The minimum absolute atomic E-state index is 0.334. The number of hydrogen-bond acceptors (Lipinski definition) is 4. The number of sulfonamides is 1. The summed E-state index contributed by atoms with van der Waals surface area (Å²) in [5.41, 5.74) is 1.06. The number of aromatic nitrogens is 1. The van der Waals surface area contributed by atoms with E-state index < -0.39 is 10.0 Å². The summed E-state index contributed by atoms with van der Waals surface area (Å²) in [7, 11) is -1.83. The van der Waals surface area contributed by atoms with Crippen LogP contribution in [0.4, 0.5) is 0 Å². The van der Waals surface area contributed by atoms with Gasteiger partial charge in [0.2, 0.25) is 0 Å². The molecule has 0 atom stereocenters. The summed E-state index contributed by atoms with van der Waals surface area (Å²) in [4.78, 5) is 4.79. The largest absolute Gasteiger partial charge is 0.265 e. The lowest BCUT2D eigenvalue weighted by Gasteiger charge is -2.15. The van der Waals surface area contributed by atoms with Crippen LogP contribution in [0.3, 0.4) is 0 Å². The second-order valence-electron chi connectivity index (χ2n) is 4.29. The molecule has 0 saturated carbocycles. The van der Waals surface area contributed by atoms with E-state index in [4.69, 9.17) is 11.6 Å². The lowest BCUT2D eigenvalue weighted by Crippen LogP contribution is -2.28. The van der Waals surface area contributed by atoms with E-state index in [0.717, 1.165) is 10.4 Å². The molecule has 0 amide bonds. The average molecular weight is 331 g/mol. The number of thiophene rings is 1. The zero-order valence-corrected chi connectivity index (χ0v) is 13.4. The van der Waals surface area contributed by atoms with Crippen molar-refractivity contribution in [1.82, 2.24) is 9.29 Å². The van der Waals surface area contributed by atoms with Crippen LogP contribution in [0, 0.1) is 0 Å². The Balaban J connectivity index is 2.05. The van der Waals surface area contributed by atoms with Crippen molar-refractivity contribution >= 4 is 33.0 Å². The van der Waals surface area contributed by atoms with Gasteiger partial charge in [-0.25, -0.2) is 8.42 Å².